The molecule has 0 aliphatic carbocycles. The molecule has 1 aromatic rings. The number of carbonyl (C=O) groups is 1. The van der Waals surface area contributed by atoms with Crippen molar-refractivity contribution >= 4 is 18.6 Å². The number of ether oxygens (including phenoxy) is 1. The Hall–Kier alpha value is -1.33. The fourth-order valence-corrected chi connectivity index (χ4v) is 2.62. The molecule has 0 amide bonds. The zero-order valence-corrected chi connectivity index (χ0v) is 15.9. The van der Waals surface area contributed by atoms with Gasteiger partial charge in [-0.2, -0.15) is 0 Å². The predicted octanol–water partition coefficient (Wildman–Crippen LogP) is 3.50. The SMILES string of the molecule is CCC(=O)Oc1ccc(B2OC(C)(C)C(C)(C)O2)cc1CC(C)C. The minimum Gasteiger partial charge on any atom is -0.426 e. The summed E-state index contributed by atoms with van der Waals surface area (Å²) >= 11 is 0. The van der Waals surface area contributed by atoms with E-state index in [1.54, 1.807) is 6.92 Å². The van der Waals surface area contributed by atoms with Crippen LogP contribution in [0.5, 0.6) is 5.75 Å². The molecule has 1 fully saturated rings. The summed E-state index contributed by atoms with van der Waals surface area (Å²) in [6.45, 7) is 14.3. The maximum absolute atomic E-state index is 11.7. The fourth-order valence-electron chi connectivity index (χ4n) is 2.62. The van der Waals surface area contributed by atoms with E-state index in [4.69, 9.17) is 14.0 Å². The summed E-state index contributed by atoms with van der Waals surface area (Å²) in [5, 5.41) is 0. The summed E-state index contributed by atoms with van der Waals surface area (Å²) in [5.74, 6) is 0.872. The molecule has 1 heterocycles. The summed E-state index contributed by atoms with van der Waals surface area (Å²) in [6, 6.07) is 5.82. The zero-order chi connectivity index (χ0) is 18.1. The highest BCUT2D eigenvalue weighted by atomic mass is 16.7. The van der Waals surface area contributed by atoms with Crippen molar-refractivity contribution in [2.75, 3.05) is 0 Å². The van der Waals surface area contributed by atoms with E-state index < -0.39 is 7.12 Å². The lowest BCUT2D eigenvalue weighted by atomic mass is 9.77. The topological polar surface area (TPSA) is 44.8 Å². The Kier molecular flexibility index (Phi) is 5.45. The van der Waals surface area contributed by atoms with Gasteiger partial charge in [0.05, 0.1) is 11.2 Å². The van der Waals surface area contributed by atoms with Gasteiger partial charge in [-0.25, -0.2) is 0 Å². The third-order valence-electron chi connectivity index (χ3n) is 4.75. The summed E-state index contributed by atoms with van der Waals surface area (Å²) in [5.41, 5.74) is 1.23. The quantitative estimate of drug-likeness (QED) is 0.470. The van der Waals surface area contributed by atoms with Crippen molar-refractivity contribution in [1.82, 2.24) is 0 Å². The van der Waals surface area contributed by atoms with Crippen LogP contribution in [0.15, 0.2) is 18.2 Å². The van der Waals surface area contributed by atoms with Crippen LogP contribution in [0, 0.1) is 5.92 Å². The first kappa shape index (κ1) is 19.0. The lowest BCUT2D eigenvalue weighted by Crippen LogP contribution is -2.41. The first-order valence-electron chi connectivity index (χ1n) is 8.75. The summed E-state index contributed by atoms with van der Waals surface area (Å²) in [7, 11) is -0.406. The van der Waals surface area contributed by atoms with Crippen LogP contribution in [0.4, 0.5) is 0 Å². The van der Waals surface area contributed by atoms with Crippen molar-refractivity contribution in [3.8, 4) is 5.75 Å². The number of hydrogen-bond donors (Lipinski definition) is 0. The Bertz CT molecular complexity index is 591. The second-order valence-electron chi connectivity index (χ2n) is 7.88. The van der Waals surface area contributed by atoms with Crippen molar-refractivity contribution < 1.29 is 18.8 Å². The highest BCUT2D eigenvalue weighted by Crippen LogP contribution is 2.36. The van der Waals surface area contributed by atoms with Crippen molar-refractivity contribution in [3.05, 3.63) is 23.8 Å². The first-order chi connectivity index (χ1) is 11.1. The maximum Gasteiger partial charge on any atom is 0.494 e. The molecule has 0 bridgehead atoms. The van der Waals surface area contributed by atoms with Crippen LogP contribution in [-0.4, -0.2) is 24.3 Å². The highest BCUT2D eigenvalue weighted by Gasteiger charge is 2.51. The van der Waals surface area contributed by atoms with Crippen LogP contribution in [-0.2, 0) is 20.5 Å². The van der Waals surface area contributed by atoms with Crippen molar-refractivity contribution in [1.29, 1.82) is 0 Å². The monoisotopic (exact) mass is 332 g/mol. The molecule has 0 spiro atoms. The van der Waals surface area contributed by atoms with Gasteiger partial charge in [0, 0.05) is 6.42 Å². The Balaban J connectivity index is 2.31. The molecule has 1 aliphatic heterocycles. The molecule has 2 rings (SSSR count). The molecule has 1 saturated heterocycles. The van der Waals surface area contributed by atoms with E-state index in [0.717, 1.165) is 17.4 Å². The molecule has 1 aromatic carbocycles. The molecule has 24 heavy (non-hydrogen) atoms. The van der Waals surface area contributed by atoms with Crippen LogP contribution in [0.3, 0.4) is 0 Å². The normalized spacial score (nSPS) is 18.9. The van der Waals surface area contributed by atoms with Gasteiger partial charge >= 0.3 is 13.1 Å². The summed E-state index contributed by atoms with van der Waals surface area (Å²) in [6.07, 6.45) is 1.19. The van der Waals surface area contributed by atoms with Crippen molar-refractivity contribution in [2.45, 2.75) is 72.5 Å². The number of carbonyl (C=O) groups excluding carboxylic acids is 1. The molecule has 0 saturated carbocycles. The van der Waals surface area contributed by atoms with Gasteiger partial charge in [-0.05, 0) is 57.1 Å². The van der Waals surface area contributed by atoms with E-state index in [9.17, 15) is 4.79 Å². The smallest absolute Gasteiger partial charge is 0.426 e. The minimum atomic E-state index is -0.406. The molecular formula is C19H29BO4. The van der Waals surface area contributed by atoms with Gasteiger partial charge < -0.3 is 14.0 Å². The minimum absolute atomic E-state index is 0.219. The van der Waals surface area contributed by atoms with Gasteiger partial charge in [-0.1, -0.05) is 32.9 Å². The standard InChI is InChI=1S/C19H29BO4/c1-8-17(21)22-16-10-9-15(12-14(16)11-13(2)3)20-23-18(4,5)19(6,7)24-20/h9-10,12-13H,8,11H2,1-7H3. The lowest BCUT2D eigenvalue weighted by Gasteiger charge is -2.32. The van der Waals surface area contributed by atoms with Crippen LogP contribution >= 0.6 is 0 Å². The van der Waals surface area contributed by atoms with E-state index >= 15 is 0 Å². The number of esters is 1. The number of benzene rings is 1. The van der Waals surface area contributed by atoms with Crippen molar-refractivity contribution in [3.63, 3.8) is 0 Å². The average molecular weight is 332 g/mol. The third kappa shape index (κ3) is 4.01. The fraction of sp³-hybridized carbons (Fsp3) is 0.632. The molecule has 0 N–H and O–H groups in total. The highest BCUT2D eigenvalue weighted by molar-refractivity contribution is 6.62. The predicted molar refractivity (Wildman–Crippen MR) is 96.6 cm³/mol. The molecule has 0 aromatic heterocycles. The van der Waals surface area contributed by atoms with Gasteiger partial charge in [0.1, 0.15) is 5.75 Å². The maximum atomic E-state index is 11.7. The molecular weight excluding hydrogens is 303 g/mol. The zero-order valence-electron chi connectivity index (χ0n) is 15.9. The molecule has 4 nitrogen and oxygen atoms in total. The molecule has 5 heteroatoms. The summed E-state index contributed by atoms with van der Waals surface area (Å²) < 4.78 is 17.7. The lowest BCUT2D eigenvalue weighted by molar-refractivity contribution is -0.134. The van der Waals surface area contributed by atoms with Gasteiger partial charge in [0.2, 0.25) is 0 Å². The van der Waals surface area contributed by atoms with Crippen LogP contribution in [0.25, 0.3) is 0 Å². The third-order valence-corrected chi connectivity index (χ3v) is 4.75. The van der Waals surface area contributed by atoms with Gasteiger partial charge in [0.25, 0.3) is 0 Å². The Morgan fingerprint density at radius 2 is 1.75 bits per heavy atom. The van der Waals surface area contributed by atoms with E-state index in [2.05, 4.69) is 13.8 Å². The van der Waals surface area contributed by atoms with Crippen LogP contribution in [0.2, 0.25) is 0 Å². The van der Waals surface area contributed by atoms with E-state index in [0.29, 0.717) is 18.1 Å². The molecule has 0 unspecified atom stereocenters. The first-order valence-corrected chi connectivity index (χ1v) is 8.75. The average Bonchev–Trinajstić information content (AvgIpc) is 2.68. The molecule has 132 valence electrons. The molecule has 1 aliphatic rings. The molecule has 0 radical (unpaired) electrons. The van der Waals surface area contributed by atoms with E-state index in [1.165, 1.54) is 0 Å². The van der Waals surface area contributed by atoms with E-state index in [-0.39, 0.29) is 17.2 Å². The van der Waals surface area contributed by atoms with Gasteiger partial charge in [-0.15, -0.1) is 0 Å². The number of hydrogen-bond acceptors (Lipinski definition) is 4. The largest absolute Gasteiger partial charge is 0.494 e. The van der Waals surface area contributed by atoms with Crippen LogP contribution in [0.1, 0.15) is 60.5 Å². The second-order valence-corrected chi connectivity index (χ2v) is 7.88. The van der Waals surface area contributed by atoms with Gasteiger partial charge in [0.15, 0.2) is 0 Å². The van der Waals surface area contributed by atoms with E-state index in [1.807, 2.05) is 45.9 Å². The van der Waals surface area contributed by atoms with Gasteiger partial charge in [-0.3, -0.25) is 4.79 Å². The van der Waals surface area contributed by atoms with Crippen molar-refractivity contribution in [2.24, 2.45) is 5.92 Å². The summed E-state index contributed by atoms with van der Waals surface area (Å²) in [4.78, 5) is 11.7. The van der Waals surface area contributed by atoms with Crippen LogP contribution < -0.4 is 10.2 Å². The number of rotatable bonds is 5. The Labute approximate surface area is 146 Å². The Morgan fingerprint density at radius 1 is 1.17 bits per heavy atom. The second kappa shape index (κ2) is 6.89. The Morgan fingerprint density at radius 3 is 2.25 bits per heavy atom. The molecule has 0 atom stereocenters.